The first-order valence-electron chi connectivity index (χ1n) is 10.7. The van der Waals surface area contributed by atoms with E-state index in [-0.39, 0.29) is 5.60 Å². The van der Waals surface area contributed by atoms with Crippen LogP contribution in [0.5, 0.6) is 0 Å². The molecular weight excluding hydrogens is 408 g/mol. The van der Waals surface area contributed by atoms with Gasteiger partial charge in [-0.05, 0) is 56.7 Å². The van der Waals surface area contributed by atoms with Crippen molar-refractivity contribution in [2.75, 3.05) is 31.6 Å². The van der Waals surface area contributed by atoms with Crippen molar-refractivity contribution >= 4 is 39.0 Å². The Kier molecular flexibility index (Phi) is 5.45. The number of ether oxygens (including phenoxy) is 2. The largest absolute Gasteiger partial charge is 0.379 e. The lowest BCUT2D eigenvalue weighted by Crippen LogP contribution is -2.46. The highest BCUT2D eigenvalue weighted by Crippen LogP contribution is 2.41. The van der Waals surface area contributed by atoms with E-state index < -0.39 is 0 Å². The van der Waals surface area contributed by atoms with Crippen LogP contribution in [0.2, 0.25) is 5.28 Å². The molecule has 6 nitrogen and oxygen atoms in total. The lowest BCUT2D eigenvalue weighted by atomic mass is 9.89. The van der Waals surface area contributed by atoms with E-state index in [1.165, 1.54) is 23.3 Å². The Morgan fingerprint density at radius 2 is 1.90 bits per heavy atom. The van der Waals surface area contributed by atoms with Crippen molar-refractivity contribution in [2.24, 2.45) is 0 Å². The van der Waals surface area contributed by atoms with E-state index in [0.29, 0.717) is 24.0 Å². The molecule has 4 heterocycles. The number of anilines is 1. The Hall–Kier alpha value is -0.990. The van der Waals surface area contributed by atoms with Crippen molar-refractivity contribution < 1.29 is 9.47 Å². The molecule has 1 saturated carbocycles. The molecule has 2 fully saturated rings. The molecule has 3 aliphatic rings. The van der Waals surface area contributed by atoms with Crippen LogP contribution < -0.4 is 5.32 Å². The number of hydrogen-bond donors (Lipinski definition) is 1. The minimum Gasteiger partial charge on any atom is -0.379 e. The van der Waals surface area contributed by atoms with Gasteiger partial charge in [0.15, 0.2) is 0 Å². The van der Waals surface area contributed by atoms with Gasteiger partial charge in [0, 0.05) is 36.5 Å². The quantitative estimate of drug-likeness (QED) is 0.726. The molecule has 0 amide bonds. The maximum atomic E-state index is 6.28. The number of nitrogens with zero attached hydrogens (tertiary/aromatic N) is 3. The molecule has 0 atom stereocenters. The molecule has 2 aliphatic heterocycles. The van der Waals surface area contributed by atoms with E-state index in [1.807, 2.05) is 0 Å². The van der Waals surface area contributed by atoms with Crippen LogP contribution in [0, 0.1) is 0 Å². The summed E-state index contributed by atoms with van der Waals surface area (Å²) in [6, 6.07) is 1.13. The van der Waals surface area contributed by atoms with Gasteiger partial charge in [-0.25, -0.2) is 9.97 Å². The van der Waals surface area contributed by atoms with Crippen molar-refractivity contribution in [1.82, 2.24) is 14.9 Å². The summed E-state index contributed by atoms with van der Waals surface area (Å²) < 4.78 is 11.5. The Morgan fingerprint density at radius 3 is 2.66 bits per heavy atom. The monoisotopic (exact) mass is 436 g/mol. The summed E-state index contributed by atoms with van der Waals surface area (Å²) >= 11 is 7.97. The topological polar surface area (TPSA) is 59.5 Å². The molecule has 158 valence electrons. The minimum atomic E-state index is -0.159. The summed E-state index contributed by atoms with van der Waals surface area (Å²) in [4.78, 5) is 14.0. The summed E-state index contributed by atoms with van der Waals surface area (Å²) in [6.07, 6.45) is 5.65. The first-order valence-corrected chi connectivity index (χ1v) is 11.9. The second kappa shape index (κ2) is 7.93. The Morgan fingerprint density at radius 1 is 1.14 bits per heavy atom. The zero-order chi connectivity index (χ0) is 20.0. The average Bonchev–Trinajstić information content (AvgIpc) is 3.05. The molecular formula is C21H29ClN4O2S. The number of hydrogen-bond acceptors (Lipinski definition) is 7. The van der Waals surface area contributed by atoms with E-state index in [0.717, 1.165) is 61.6 Å². The Bertz CT molecular complexity index is 888. The number of nitrogens with one attached hydrogen (secondary N) is 1. The SMILES string of the molecule is CC1(C)Cc2c(sc3nc(Cl)nc(N[C@H]4CC[C@H](N5CCOCC5)CC4)c23)CO1. The number of thiophene rings is 1. The van der Waals surface area contributed by atoms with Crippen LogP contribution in [0.25, 0.3) is 10.2 Å². The van der Waals surface area contributed by atoms with Gasteiger partial charge in [-0.15, -0.1) is 11.3 Å². The third kappa shape index (κ3) is 4.12. The molecule has 2 aromatic rings. The molecule has 1 aliphatic carbocycles. The second-order valence-electron chi connectivity index (χ2n) is 9.05. The third-order valence-electron chi connectivity index (χ3n) is 6.50. The molecule has 1 saturated heterocycles. The van der Waals surface area contributed by atoms with E-state index in [4.69, 9.17) is 21.1 Å². The Balaban J connectivity index is 1.35. The summed E-state index contributed by atoms with van der Waals surface area (Å²) in [5.41, 5.74) is 1.18. The molecule has 0 spiro atoms. The third-order valence-corrected chi connectivity index (χ3v) is 7.77. The van der Waals surface area contributed by atoms with Gasteiger partial charge in [-0.2, -0.15) is 0 Å². The van der Waals surface area contributed by atoms with Crippen molar-refractivity contribution in [3.05, 3.63) is 15.7 Å². The summed E-state index contributed by atoms with van der Waals surface area (Å²) in [7, 11) is 0. The molecule has 5 rings (SSSR count). The van der Waals surface area contributed by atoms with Gasteiger partial charge >= 0.3 is 0 Å². The number of morpholine rings is 1. The van der Waals surface area contributed by atoms with Crippen LogP contribution in [0.15, 0.2) is 0 Å². The molecule has 29 heavy (non-hydrogen) atoms. The molecule has 0 aromatic carbocycles. The lowest BCUT2D eigenvalue weighted by molar-refractivity contribution is -0.0379. The van der Waals surface area contributed by atoms with E-state index in [9.17, 15) is 0 Å². The molecule has 0 radical (unpaired) electrons. The summed E-state index contributed by atoms with van der Waals surface area (Å²) in [5.74, 6) is 0.907. The second-order valence-corrected chi connectivity index (χ2v) is 10.5. The van der Waals surface area contributed by atoms with Gasteiger partial charge in [0.1, 0.15) is 10.6 Å². The van der Waals surface area contributed by atoms with Crippen molar-refractivity contribution in [3.63, 3.8) is 0 Å². The fourth-order valence-electron chi connectivity index (χ4n) is 4.94. The predicted octanol–water partition coefficient (Wildman–Crippen LogP) is 4.25. The summed E-state index contributed by atoms with van der Waals surface area (Å²) in [6.45, 7) is 8.84. The number of rotatable bonds is 3. The molecule has 0 unspecified atom stereocenters. The van der Waals surface area contributed by atoms with E-state index >= 15 is 0 Å². The van der Waals surface area contributed by atoms with Crippen LogP contribution in [-0.2, 0) is 22.5 Å². The maximum Gasteiger partial charge on any atom is 0.225 e. The van der Waals surface area contributed by atoms with Crippen molar-refractivity contribution in [2.45, 2.75) is 70.2 Å². The highest BCUT2D eigenvalue weighted by Gasteiger charge is 2.32. The smallest absolute Gasteiger partial charge is 0.225 e. The minimum absolute atomic E-state index is 0.159. The lowest BCUT2D eigenvalue weighted by Gasteiger charge is -2.39. The number of halogens is 1. The molecule has 1 N–H and O–H groups in total. The van der Waals surface area contributed by atoms with Gasteiger partial charge in [-0.1, -0.05) is 0 Å². The zero-order valence-corrected chi connectivity index (χ0v) is 18.7. The highest BCUT2D eigenvalue weighted by molar-refractivity contribution is 7.19. The van der Waals surface area contributed by atoms with Gasteiger partial charge < -0.3 is 14.8 Å². The predicted molar refractivity (Wildman–Crippen MR) is 117 cm³/mol. The summed E-state index contributed by atoms with van der Waals surface area (Å²) in [5, 5.41) is 5.21. The van der Waals surface area contributed by atoms with Crippen LogP contribution in [-0.4, -0.2) is 58.9 Å². The standard InChI is InChI=1S/C21H29ClN4O2S/c1-21(2)11-15-16(12-28-21)29-19-17(15)18(24-20(22)25-19)23-13-3-5-14(6-4-13)26-7-9-27-10-8-26/h13-14H,3-12H2,1-2H3,(H,23,24,25)/t13-,14-. The van der Waals surface area contributed by atoms with Gasteiger partial charge in [0.2, 0.25) is 5.28 Å². The van der Waals surface area contributed by atoms with Gasteiger partial charge in [0.25, 0.3) is 0 Å². The van der Waals surface area contributed by atoms with Crippen LogP contribution in [0.1, 0.15) is 50.0 Å². The molecule has 0 bridgehead atoms. The maximum absolute atomic E-state index is 6.28. The van der Waals surface area contributed by atoms with Crippen LogP contribution in [0.4, 0.5) is 5.82 Å². The van der Waals surface area contributed by atoms with E-state index in [1.54, 1.807) is 11.3 Å². The fourth-order valence-corrected chi connectivity index (χ4v) is 6.27. The first-order chi connectivity index (χ1) is 14.0. The van der Waals surface area contributed by atoms with Gasteiger partial charge in [-0.3, -0.25) is 4.90 Å². The molecule has 8 heteroatoms. The van der Waals surface area contributed by atoms with Crippen molar-refractivity contribution in [3.8, 4) is 0 Å². The average molecular weight is 437 g/mol. The Labute approximate surface area is 180 Å². The number of aromatic nitrogens is 2. The van der Waals surface area contributed by atoms with E-state index in [2.05, 4.69) is 34.0 Å². The first kappa shape index (κ1) is 19.9. The fraction of sp³-hybridized carbons (Fsp3) is 0.714. The van der Waals surface area contributed by atoms with Gasteiger partial charge in [0.05, 0.1) is 30.8 Å². The normalized spacial score (nSPS) is 27.7. The highest BCUT2D eigenvalue weighted by atomic mass is 35.5. The molecule has 2 aromatic heterocycles. The van der Waals surface area contributed by atoms with Crippen LogP contribution in [0.3, 0.4) is 0 Å². The number of fused-ring (bicyclic) bond motifs is 3. The zero-order valence-electron chi connectivity index (χ0n) is 17.2. The van der Waals surface area contributed by atoms with Crippen molar-refractivity contribution in [1.29, 1.82) is 0 Å². The van der Waals surface area contributed by atoms with Crippen LogP contribution >= 0.6 is 22.9 Å².